The van der Waals surface area contributed by atoms with Crippen LogP contribution < -0.4 is 4.90 Å². The van der Waals surface area contributed by atoms with E-state index < -0.39 is 0 Å². The van der Waals surface area contributed by atoms with Gasteiger partial charge in [0, 0.05) is 28.9 Å². The predicted octanol–water partition coefficient (Wildman–Crippen LogP) is 4.37. The summed E-state index contributed by atoms with van der Waals surface area (Å²) in [5.74, 6) is 0. The highest BCUT2D eigenvalue weighted by atomic mass is 16.1. The van der Waals surface area contributed by atoms with E-state index in [4.69, 9.17) is 0 Å². The summed E-state index contributed by atoms with van der Waals surface area (Å²) in [5.41, 5.74) is 6.09. The Bertz CT molecular complexity index is 637. The van der Waals surface area contributed by atoms with Gasteiger partial charge in [0.25, 0.3) is 0 Å². The number of fused-ring (bicyclic) bond motifs is 1. The minimum Gasteiger partial charge on any atom is -0.344 e. The number of nitrogens with zero attached hydrogens (tertiary/aromatic N) is 1. The lowest BCUT2D eigenvalue weighted by molar-refractivity contribution is -0.104. The maximum absolute atomic E-state index is 11.5. The quantitative estimate of drug-likeness (QED) is 0.750. The molecule has 2 aliphatic rings. The first-order valence-electron chi connectivity index (χ1n) is 7.87. The second kappa shape index (κ2) is 5.18. The Hall–Kier alpha value is -1.83. The van der Waals surface area contributed by atoms with Crippen molar-refractivity contribution in [1.29, 1.82) is 0 Å². The second-order valence-corrected chi connectivity index (χ2v) is 6.38. The normalized spacial score (nSPS) is 23.8. The van der Waals surface area contributed by atoms with Gasteiger partial charge < -0.3 is 4.90 Å². The number of benzene rings is 1. The van der Waals surface area contributed by atoms with E-state index in [2.05, 4.69) is 56.0 Å². The third-order valence-electron chi connectivity index (χ3n) is 4.80. The summed E-state index contributed by atoms with van der Waals surface area (Å²) in [6.45, 7) is 7.68. The van der Waals surface area contributed by atoms with Crippen molar-refractivity contribution in [1.82, 2.24) is 0 Å². The summed E-state index contributed by atoms with van der Waals surface area (Å²) in [5, 5.41) is 0. The topological polar surface area (TPSA) is 20.3 Å². The molecule has 110 valence electrons. The minimum atomic E-state index is -0.0403. The Morgan fingerprint density at radius 3 is 2.76 bits per heavy atom. The molecule has 2 heteroatoms. The lowest BCUT2D eigenvalue weighted by Crippen LogP contribution is -2.29. The van der Waals surface area contributed by atoms with Crippen molar-refractivity contribution in [3.63, 3.8) is 0 Å². The molecule has 0 saturated carbocycles. The molecule has 21 heavy (non-hydrogen) atoms. The lowest BCUT2D eigenvalue weighted by Gasteiger charge is -2.31. The smallest absolute Gasteiger partial charge is 0.150 e. The molecule has 0 fully saturated rings. The second-order valence-electron chi connectivity index (χ2n) is 6.38. The van der Waals surface area contributed by atoms with Crippen molar-refractivity contribution >= 4 is 12.0 Å². The van der Waals surface area contributed by atoms with Crippen LogP contribution in [0.1, 0.15) is 45.6 Å². The number of carbonyl (C=O) groups is 1. The summed E-state index contributed by atoms with van der Waals surface area (Å²) in [4.78, 5) is 13.9. The molecule has 1 aromatic carbocycles. The molecule has 2 nitrogen and oxygen atoms in total. The zero-order chi connectivity index (χ0) is 15.0. The van der Waals surface area contributed by atoms with Gasteiger partial charge in [-0.3, -0.25) is 4.79 Å². The Morgan fingerprint density at radius 1 is 1.29 bits per heavy atom. The van der Waals surface area contributed by atoms with E-state index in [9.17, 15) is 4.79 Å². The SMILES string of the molecule is CCN1/C(=C2\CCCC=C2C=O)C(C)(C)c2ccccc21. The van der Waals surface area contributed by atoms with Crippen molar-refractivity contribution in [2.45, 2.75) is 45.4 Å². The molecule has 0 aromatic heterocycles. The first-order chi connectivity index (χ1) is 10.1. The molecule has 3 rings (SSSR count). The molecule has 1 heterocycles. The molecule has 1 aliphatic carbocycles. The van der Waals surface area contributed by atoms with Crippen LogP contribution in [0.4, 0.5) is 5.69 Å². The zero-order valence-corrected chi connectivity index (χ0v) is 13.1. The number of rotatable bonds is 2. The first kappa shape index (κ1) is 14.1. The van der Waals surface area contributed by atoms with Crippen molar-refractivity contribution < 1.29 is 4.79 Å². The number of para-hydroxylation sites is 1. The van der Waals surface area contributed by atoms with Crippen molar-refractivity contribution in [3.05, 3.63) is 52.7 Å². The third kappa shape index (κ3) is 2.05. The highest BCUT2D eigenvalue weighted by Crippen LogP contribution is 2.50. The molecular formula is C19H23NO. The molecule has 0 spiro atoms. The Labute approximate surface area is 127 Å². The van der Waals surface area contributed by atoms with E-state index in [-0.39, 0.29) is 5.41 Å². The van der Waals surface area contributed by atoms with E-state index in [1.165, 1.54) is 22.5 Å². The predicted molar refractivity (Wildman–Crippen MR) is 87.5 cm³/mol. The van der Waals surface area contributed by atoms with E-state index in [1.807, 2.05) is 0 Å². The summed E-state index contributed by atoms with van der Waals surface area (Å²) in [6.07, 6.45) is 6.30. The number of anilines is 1. The highest BCUT2D eigenvalue weighted by Gasteiger charge is 2.41. The van der Waals surface area contributed by atoms with Gasteiger partial charge in [-0.15, -0.1) is 0 Å². The van der Waals surface area contributed by atoms with Gasteiger partial charge >= 0.3 is 0 Å². The maximum Gasteiger partial charge on any atom is 0.150 e. The van der Waals surface area contributed by atoms with Gasteiger partial charge in [-0.1, -0.05) is 38.1 Å². The van der Waals surface area contributed by atoms with E-state index in [0.717, 1.165) is 37.7 Å². The average Bonchev–Trinajstić information content (AvgIpc) is 2.75. The Kier molecular flexibility index (Phi) is 3.48. The summed E-state index contributed by atoms with van der Waals surface area (Å²) >= 11 is 0. The molecule has 1 aliphatic heterocycles. The van der Waals surface area contributed by atoms with E-state index in [1.54, 1.807) is 0 Å². The van der Waals surface area contributed by atoms with Gasteiger partial charge in [0.2, 0.25) is 0 Å². The van der Waals surface area contributed by atoms with E-state index >= 15 is 0 Å². The highest BCUT2D eigenvalue weighted by molar-refractivity contribution is 5.83. The number of carbonyl (C=O) groups excluding carboxylic acids is 1. The number of hydrogen-bond acceptors (Lipinski definition) is 2. The Morgan fingerprint density at radius 2 is 2.05 bits per heavy atom. The van der Waals surface area contributed by atoms with Crippen LogP contribution in [-0.4, -0.2) is 12.8 Å². The van der Waals surface area contributed by atoms with Gasteiger partial charge in [-0.25, -0.2) is 0 Å². The monoisotopic (exact) mass is 281 g/mol. The van der Waals surface area contributed by atoms with Gasteiger partial charge in [0.05, 0.1) is 0 Å². The first-order valence-corrected chi connectivity index (χ1v) is 7.87. The Balaban J connectivity index is 2.25. The van der Waals surface area contributed by atoms with Crippen LogP contribution >= 0.6 is 0 Å². The summed E-state index contributed by atoms with van der Waals surface area (Å²) < 4.78 is 0. The molecule has 0 atom stereocenters. The molecular weight excluding hydrogens is 258 g/mol. The summed E-state index contributed by atoms with van der Waals surface area (Å²) in [7, 11) is 0. The fraction of sp³-hybridized carbons (Fsp3) is 0.421. The molecule has 0 amide bonds. The van der Waals surface area contributed by atoms with Gasteiger partial charge in [-0.05, 0) is 43.4 Å². The average molecular weight is 281 g/mol. The van der Waals surface area contributed by atoms with Crippen LogP contribution in [0, 0.1) is 0 Å². The lowest BCUT2D eigenvalue weighted by atomic mass is 9.79. The molecule has 0 saturated heterocycles. The number of allylic oxidation sites excluding steroid dienone is 4. The molecule has 0 N–H and O–H groups in total. The number of hydrogen-bond donors (Lipinski definition) is 0. The standard InChI is InChI=1S/C19H23NO/c1-4-20-17-12-8-7-11-16(17)19(2,3)18(20)15-10-6-5-9-14(15)13-21/h7-9,11-13H,4-6,10H2,1-3H3/b18-15+. The van der Waals surface area contributed by atoms with Crippen LogP contribution in [0.5, 0.6) is 0 Å². The molecule has 0 bridgehead atoms. The fourth-order valence-electron chi connectivity index (χ4n) is 3.87. The minimum absolute atomic E-state index is 0.0403. The fourth-order valence-corrected chi connectivity index (χ4v) is 3.87. The van der Waals surface area contributed by atoms with Gasteiger partial charge in [0.1, 0.15) is 6.29 Å². The van der Waals surface area contributed by atoms with Gasteiger partial charge in [-0.2, -0.15) is 0 Å². The van der Waals surface area contributed by atoms with E-state index in [0.29, 0.717) is 0 Å². The van der Waals surface area contributed by atoms with Gasteiger partial charge in [0.15, 0.2) is 0 Å². The molecule has 1 aromatic rings. The third-order valence-corrected chi connectivity index (χ3v) is 4.80. The summed E-state index contributed by atoms with van der Waals surface area (Å²) in [6, 6.07) is 8.63. The van der Waals surface area contributed by atoms with Crippen molar-refractivity contribution in [3.8, 4) is 0 Å². The van der Waals surface area contributed by atoms with Crippen LogP contribution in [0.15, 0.2) is 47.2 Å². The maximum atomic E-state index is 11.5. The molecule has 0 radical (unpaired) electrons. The zero-order valence-electron chi connectivity index (χ0n) is 13.1. The molecule has 0 unspecified atom stereocenters. The van der Waals surface area contributed by atoms with Crippen molar-refractivity contribution in [2.75, 3.05) is 11.4 Å². The number of aldehydes is 1. The van der Waals surface area contributed by atoms with Crippen LogP contribution in [-0.2, 0) is 10.2 Å². The largest absolute Gasteiger partial charge is 0.344 e. The number of likely N-dealkylation sites (N-methyl/N-ethyl adjacent to an activating group) is 1. The van der Waals surface area contributed by atoms with Crippen LogP contribution in [0.3, 0.4) is 0 Å². The van der Waals surface area contributed by atoms with Crippen LogP contribution in [0.2, 0.25) is 0 Å². The van der Waals surface area contributed by atoms with Crippen LogP contribution in [0.25, 0.3) is 0 Å². The van der Waals surface area contributed by atoms with Crippen molar-refractivity contribution in [2.24, 2.45) is 0 Å².